The average Bonchev–Trinajstić information content (AvgIpc) is 3.18. The van der Waals surface area contributed by atoms with Crippen LogP contribution < -0.4 is 0 Å². The minimum Gasteiger partial charge on any atom is -0.465 e. The van der Waals surface area contributed by atoms with E-state index in [1.54, 1.807) is 0 Å². The summed E-state index contributed by atoms with van der Waals surface area (Å²) in [7, 11) is 0. The van der Waals surface area contributed by atoms with Crippen LogP contribution in [-0.2, 0) is 4.74 Å². The lowest BCUT2D eigenvalue weighted by atomic mass is 10.0. The molecule has 6 heteroatoms. The zero-order chi connectivity index (χ0) is 15.6. The number of carbonyl (C=O) groups excluding carboxylic acids is 1. The molecule has 1 aliphatic heterocycles. The molecule has 120 valence electrons. The van der Waals surface area contributed by atoms with Crippen molar-refractivity contribution < 1.29 is 19.4 Å². The molecular formula is C15H26N2O4. The van der Waals surface area contributed by atoms with Gasteiger partial charge in [-0.05, 0) is 52.4 Å². The predicted molar refractivity (Wildman–Crippen MR) is 78.3 cm³/mol. The molecule has 6 nitrogen and oxygen atoms in total. The molecule has 0 radical (unpaired) electrons. The fraction of sp³-hybridized carbons (Fsp3) is 0.867. The highest BCUT2D eigenvalue weighted by atomic mass is 16.6. The van der Waals surface area contributed by atoms with Crippen molar-refractivity contribution in [1.82, 2.24) is 9.80 Å². The first-order valence-corrected chi connectivity index (χ1v) is 7.74. The molecule has 0 bridgehead atoms. The van der Waals surface area contributed by atoms with Gasteiger partial charge >= 0.3 is 12.2 Å². The highest BCUT2D eigenvalue weighted by molar-refractivity contribution is 5.69. The van der Waals surface area contributed by atoms with Crippen molar-refractivity contribution in [2.75, 3.05) is 19.6 Å². The van der Waals surface area contributed by atoms with Crippen LogP contribution >= 0.6 is 0 Å². The Kier molecular flexibility index (Phi) is 4.64. The van der Waals surface area contributed by atoms with Gasteiger partial charge in [0, 0.05) is 25.7 Å². The van der Waals surface area contributed by atoms with Crippen LogP contribution in [0.4, 0.5) is 9.59 Å². The number of carbonyl (C=O) groups is 2. The maximum atomic E-state index is 12.4. The second kappa shape index (κ2) is 6.12. The van der Waals surface area contributed by atoms with Gasteiger partial charge < -0.3 is 19.6 Å². The van der Waals surface area contributed by atoms with E-state index in [-0.39, 0.29) is 12.1 Å². The second-order valence-electron chi connectivity index (χ2n) is 7.08. The van der Waals surface area contributed by atoms with E-state index >= 15 is 0 Å². The van der Waals surface area contributed by atoms with Crippen LogP contribution in [0.2, 0.25) is 0 Å². The Hall–Kier alpha value is -1.46. The fourth-order valence-electron chi connectivity index (χ4n) is 2.64. The minimum atomic E-state index is -0.875. The van der Waals surface area contributed by atoms with E-state index < -0.39 is 11.7 Å². The van der Waals surface area contributed by atoms with Crippen molar-refractivity contribution in [3.8, 4) is 0 Å². The lowest BCUT2D eigenvalue weighted by Crippen LogP contribution is -2.50. The maximum Gasteiger partial charge on any atom is 0.410 e. The van der Waals surface area contributed by atoms with E-state index in [0.717, 1.165) is 6.54 Å². The van der Waals surface area contributed by atoms with Gasteiger partial charge in [-0.15, -0.1) is 0 Å². The van der Waals surface area contributed by atoms with Crippen LogP contribution in [0, 0.1) is 5.92 Å². The number of piperidine rings is 1. The molecule has 1 aliphatic carbocycles. The summed E-state index contributed by atoms with van der Waals surface area (Å²) in [6.45, 7) is 7.33. The smallest absolute Gasteiger partial charge is 0.410 e. The van der Waals surface area contributed by atoms with E-state index in [1.165, 1.54) is 17.7 Å². The lowest BCUT2D eigenvalue weighted by Gasteiger charge is -2.38. The molecule has 2 amide bonds. The lowest BCUT2D eigenvalue weighted by molar-refractivity contribution is 0.00775. The topological polar surface area (TPSA) is 70.1 Å². The highest BCUT2D eigenvalue weighted by Gasteiger charge is 2.35. The number of likely N-dealkylation sites (tertiary alicyclic amines) is 1. The summed E-state index contributed by atoms with van der Waals surface area (Å²) in [4.78, 5) is 26.6. The normalized spacial score (nSPS) is 20.2. The van der Waals surface area contributed by atoms with Gasteiger partial charge in [0.05, 0.1) is 0 Å². The summed E-state index contributed by atoms with van der Waals surface area (Å²) >= 11 is 0. The Balaban J connectivity index is 1.96. The van der Waals surface area contributed by atoms with Gasteiger partial charge in [-0.2, -0.15) is 0 Å². The molecule has 2 rings (SSSR count). The zero-order valence-electron chi connectivity index (χ0n) is 13.2. The molecule has 21 heavy (non-hydrogen) atoms. The first-order valence-electron chi connectivity index (χ1n) is 7.74. The second-order valence-corrected chi connectivity index (χ2v) is 7.08. The van der Waals surface area contributed by atoms with E-state index in [4.69, 9.17) is 9.84 Å². The van der Waals surface area contributed by atoms with Crippen LogP contribution in [0.25, 0.3) is 0 Å². The average molecular weight is 298 g/mol. The molecule has 1 N–H and O–H groups in total. The number of hydrogen-bond donors (Lipinski definition) is 1. The third kappa shape index (κ3) is 4.79. The van der Waals surface area contributed by atoms with E-state index in [9.17, 15) is 9.59 Å². The number of carboxylic acid groups (broad SMARTS) is 1. The molecule has 0 unspecified atom stereocenters. The van der Waals surface area contributed by atoms with Crippen LogP contribution in [0.5, 0.6) is 0 Å². The Morgan fingerprint density at radius 2 is 1.76 bits per heavy atom. The van der Waals surface area contributed by atoms with Crippen LogP contribution in [0.15, 0.2) is 0 Å². The molecule has 2 fully saturated rings. The molecular weight excluding hydrogens is 272 g/mol. The third-order valence-electron chi connectivity index (χ3n) is 3.96. The van der Waals surface area contributed by atoms with Gasteiger partial charge in [-0.1, -0.05) is 0 Å². The number of nitrogens with zero attached hydrogens (tertiary/aromatic N) is 2. The largest absolute Gasteiger partial charge is 0.465 e. The van der Waals surface area contributed by atoms with Gasteiger partial charge in [0.15, 0.2) is 0 Å². The van der Waals surface area contributed by atoms with Crippen LogP contribution in [0.3, 0.4) is 0 Å². The third-order valence-corrected chi connectivity index (χ3v) is 3.96. The van der Waals surface area contributed by atoms with E-state index in [0.29, 0.717) is 31.8 Å². The zero-order valence-corrected chi connectivity index (χ0v) is 13.2. The molecule has 0 spiro atoms. The van der Waals surface area contributed by atoms with Gasteiger partial charge in [-0.3, -0.25) is 0 Å². The summed E-state index contributed by atoms with van der Waals surface area (Å²) in [6.07, 6.45) is 2.60. The Morgan fingerprint density at radius 1 is 1.19 bits per heavy atom. The highest BCUT2D eigenvalue weighted by Crippen LogP contribution is 2.32. The first kappa shape index (κ1) is 15.9. The van der Waals surface area contributed by atoms with Crippen molar-refractivity contribution in [1.29, 1.82) is 0 Å². The SMILES string of the molecule is CC(C)(C)OC(=O)N(CC1CC1)C1CCN(C(=O)O)CC1. The standard InChI is InChI=1S/C15H26N2O4/c1-15(2,3)21-14(20)17(10-11-4-5-11)12-6-8-16(9-7-12)13(18)19/h11-12H,4-10H2,1-3H3,(H,18,19). The monoisotopic (exact) mass is 298 g/mol. The van der Waals surface area contributed by atoms with Gasteiger partial charge in [0.25, 0.3) is 0 Å². The summed E-state index contributed by atoms with van der Waals surface area (Å²) in [5.41, 5.74) is -0.499. The predicted octanol–water partition coefficient (Wildman–Crippen LogP) is 2.78. The Labute approximate surface area is 126 Å². The van der Waals surface area contributed by atoms with Crippen LogP contribution in [-0.4, -0.2) is 58.4 Å². The van der Waals surface area contributed by atoms with Crippen LogP contribution in [0.1, 0.15) is 46.5 Å². The molecule has 1 saturated carbocycles. The fourth-order valence-corrected chi connectivity index (χ4v) is 2.64. The van der Waals surface area contributed by atoms with Crippen molar-refractivity contribution in [2.24, 2.45) is 5.92 Å². The summed E-state index contributed by atoms with van der Waals surface area (Å²) in [5, 5.41) is 9.00. The van der Waals surface area contributed by atoms with Crippen molar-refractivity contribution in [2.45, 2.75) is 58.1 Å². The minimum absolute atomic E-state index is 0.0936. The molecule has 1 saturated heterocycles. The first-order chi connectivity index (χ1) is 9.76. The Bertz CT molecular complexity index is 393. The molecule has 1 heterocycles. The summed E-state index contributed by atoms with van der Waals surface area (Å²) < 4.78 is 5.51. The van der Waals surface area contributed by atoms with Crippen molar-refractivity contribution in [3.63, 3.8) is 0 Å². The number of rotatable bonds is 3. The van der Waals surface area contributed by atoms with Gasteiger partial charge in [-0.25, -0.2) is 9.59 Å². The number of ether oxygens (including phenoxy) is 1. The van der Waals surface area contributed by atoms with Crippen molar-refractivity contribution in [3.05, 3.63) is 0 Å². The molecule has 0 aromatic rings. The molecule has 0 aromatic heterocycles. The molecule has 0 atom stereocenters. The van der Waals surface area contributed by atoms with Crippen molar-refractivity contribution >= 4 is 12.2 Å². The van der Waals surface area contributed by atoms with Gasteiger partial charge in [0.1, 0.15) is 5.60 Å². The van der Waals surface area contributed by atoms with E-state index in [2.05, 4.69) is 0 Å². The molecule has 0 aromatic carbocycles. The quantitative estimate of drug-likeness (QED) is 0.869. The summed E-state index contributed by atoms with van der Waals surface area (Å²) in [6, 6.07) is 0.0936. The van der Waals surface area contributed by atoms with E-state index in [1.807, 2.05) is 25.7 Å². The summed E-state index contributed by atoms with van der Waals surface area (Å²) in [5.74, 6) is 0.593. The Morgan fingerprint density at radius 3 is 2.19 bits per heavy atom. The maximum absolute atomic E-state index is 12.4. The number of amides is 2. The molecule has 2 aliphatic rings. The van der Waals surface area contributed by atoms with Gasteiger partial charge in [0.2, 0.25) is 0 Å². The number of hydrogen-bond acceptors (Lipinski definition) is 3.